The number of benzene rings is 2. The van der Waals surface area contributed by atoms with Gasteiger partial charge < -0.3 is 15.5 Å². The second-order valence-electron chi connectivity index (χ2n) is 8.58. The van der Waals surface area contributed by atoms with E-state index < -0.39 is 0 Å². The maximum atomic E-state index is 9.36. The lowest BCUT2D eigenvalue weighted by molar-refractivity contribution is 0.242. The van der Waals surface area contributed by atoms with E-state index in [9.17, 15) is 5.26 Å². The van der Waals surface area contributed by atoms with Crippen molar-refractivity contribution in [3.8, 4) is 34.5 Å². The maximum Gasteiger partial charge on any atom is 0.221 e. The topological polar surface area (TPSA) is 131 Å². The number of ether oxygens (including phenoxy) is 1. The zero-order chi connectivity index (χ0) is 24.5. The molecule has 9 heteroatoms. The van der Waals surface area contributed by atoms with E-state index in [1.165, 1.54) is 0 Å². The molecular weight excluding hydrogens is 440 g/mol. The summed E-state index contributed by atoms with van der Waals surface area (Å²) in [5.74, 6) is 0.960. The third-order valence-corrected chi connectivity index (χ3v) is 5.72. The smallest absolute Gasteiger partial charge is 0.221 e. The van der Waals surface area contributed by atoms with Crippen LogP contribution in [0.2, 0.25) is 0 Å². The fraction of sp³-hybridized carbons (Fsp3) is 0.192. The molecule has 3 N–H and O–H groups in total. The fourth-order valence-corrected chi connectivity index (χ4v) is 4.08. The van der Waals surface area contributed by atoms with Crippen LogP contribution in [0, 0.1) is 18.3 Å². The van der Waals surface area contributed by atoms with E-state index in [0.29, 0.717) is 29.2 Å². The lowest BCUT2D eigenvalue weighted by Crippen LogP contribution is -2.05. The Labute approximate surface area is 202 Å². The van der Waals surface area contributed by atoms with Crippen molar-refractivity contribution in [1.82, 2.24) is 29.9 Å². The van der Waals surface area contributed by atoms with Crippen molar-refractivity contribution in [2.75, 3.05) is 5.73 Å². The number of nitriles is 1. The van der Waals surface area contributed by atoms with E-state index in [2.05, 4.69) is 31.3 Å². The third-order valence-electron chi connectivity index (χ3n) is 5.72. The summed E-state index contributed by atoms with van der Waals surface area (Å²) in [4.78, 5) is 12.0. The molecule has 0 saturated carbocycles. The summed E-state index contributed by atoms with van der Waals surface area (Å²) in [6.07, 6.45) is 3.92. The lowest BCUT2D eigenvalue weighted by atomic mass is 10.00. The van der Waals surface area contributed by atoms with Gasteiger partial charge in [-0.15, -0.1) is 5.10 Å². The molecule has 3 aromatic heterocycles. The minimum atomic E-state index is 0.117. The summed E-state index contributed by atoms with van der Waals surface area (Å²) >= 11 is 0. The van der Waals surface area contributed by atoms with Gasteiger partial charge in [-0.05, 0) is 56.2 Å². The quantitative estimate of drug-likeness (QED) is 0.379. The Kier molecular flexibility index (Phi) is 5.63. The highest BCUT2D eigenvalue weighted by molar-refractivity contribution is 5.84. The van der Waals surface area contributed by atoms with Gasteiger partial charge in [-0.3, -0.25) is 0 Å². The first-order chi connectivity index (χ1) is 16.9. The Hall–Kier alpha value is -4.71. The van der Waals surface area contributed by atoms with Gasteiger partial charge in [0.2, 0.25) is 5.95 Å². The molecule has 0 radical (unpaired) electrons. The highest BCUT2D eigenvalue weighted by Gasteiger charge is 2.14. The van der Waals surface area contributed by atoms with Crippen LogP contribution < -0.4 is 10.5 Å². The molecule has 0 bridgehead atoms. The number of nitrogen functional groups attached to an aromatic ring is 1. The Balaban J connectivity index is 1.43. The van der Waals surface area contributed by atoms with Gasteiger partial charge in [0.1, 0.15) is 11.4 Å². The molecule has 0 unspecified atom stereocenters. The number of fused-ring (bicyclic) bond motifs is 1. The zero-order valence-electron chi connectivity index (χ0n) is 19.6. The van der Waals surface area contributed by atoms with Gasteiger partial charge in [-0.2, -0.15) is 5.26 Å². The molecule has 2 aromatic carbocycles. The second-order valence-corrected chi connectivity index (χ2v) is 8.58. The first kappa shape index (κ1) is 22.1. The summed E-state index contributed by atoms with van der Waals surface area (Å²) in [6, 6.07) is 15.6. The van der Waals surface area contributed by atoms with Gasteiger partial charge in [-0.25, -0.2) is 14.6 Å². The standard InChI is InChI=1S/C26H24N8O/c1-15(2)35-19-7-8-21-18(12-29-22(21)9-19)13-34-14-25(32-33-34)24-10-23(30-26(28)31-24)20-6-4-5-17(11-27)16(20)3/h4-10,12,14-15,29H,13H2,1-3H3,(H2,28,30,31). The Morgan fingerprint density at radius 3 is 2.74 bits per heavy atom. The highest BCUT2D eigenvalue weighted by Crippen LogP contribution is 2.28. The number of aromatic amines is 1. The zero-order valence-corrected chi connectivity index (χ0v) is 19.6. The molecule has 5 aromatic rings. The SMILES string of the molecule is Cc1c(C#N)cccc1-c1cc(-c2cn(Cc3c[nH]c4cc(OC(C)C)ccc34)nn2)nc(N)n1. The van der Waals surface area contributed by atoms with Gasteiger partial charge in [0.15, 0.2) is 0 Å². The predicted octanol–water partition coefficient (Wildman–Crippen LogP) is 4.48. The minimum absolute atomic E-state index is 0.117. The maximum absolute atomic E-state index is 9.36. The number of nitrogens with two attached hydrogens (primary N) is 1. The Morgan fingerprint density at radius 1 is 1.11 bits per heavy atom. The van der Waals surface area contributed by atoms with Crippen molar-refractivity contribution in [2.24, 2.45) is 0 Å². The second kappa shape index (κ2) is 8.91. The number of nitrogens with zero attached hydrogens (tertiary/aromatic N) is 6. The predicted molar refractivity (Wildman–Crippen MR) is 134 cm³/mol. The largest absolute Gasteiger partial charge is 0.491 e. The van der Waals surface area contributed by atoms with Crippen LogP contribution in [0.25, 0.3) is 33.5 Å². The van der Waals surface area contributed by atoms with Crippen molar-refractivity contribution in [2.45, 2.75) is 33.4 Å². The van der Waals surface area contributed by atoms with Gasteiger partial charge in [-0.1, -0.05) is 17.3 Å². The van der Waals surface area contributed by atoms with Crippen LogP contribution in [0.3, 0.4) is 0 Å². The van der Waals surface area contributed by atoms with Crippen LogP contribution in [0.4, 0.5) is 5.95 Å². The lowest BCUT2D eigenvalue weighted by Gasteiger charge is -2.09. The van der Waals surface area contributed by atoms with E-state index in [1.54, 1.807) is 10.7 Å². The summed E-state index contributed by atoms with van der Waals surface area (Å²) < 4.78 is 7.55. The first-order valence-corrected chi connectivity index (χ1v) is 11.2. The molecule has 0 aliphatic heterocycles. The van der Waals surface area contributed by atoms with Crippen molar-refractivity contribution >= 4 is 16.9 Å². The molecule has 3 heterocycles. The monoisotopic (exact) mass is 464 g/mol. The molecule has 0 aliphatic rings. The van der Waals surface area contributed by atoms with Crippen molar-refractivity contribution < 1.29 is 4.74 Å². The van der Waals surface area contributed by atoms with Gasteiger partial charge >= 0.3 is 0 Å². The van der Waals surface area contributed by atoms with Crippen LogP contribution in [-0.2, 0) is 6.54 Å². The summed E-state index contributed by atoms with van der Waals surface area (Å²) in [6.45, 7) is 6.44. The van der Waals surface area contributed by atoms with Crippen LogP contribution in [0.5, 0.6) is 5.75 Å². The number of hydrogen-bond donors (Lipinski definition) is 2. The van der Waals surface area contributed by atoms with Crippen molar-refractivity contribution in [3.63, 3.8) is 0 Å². The number of nitrogens with one attached hydrogen (secondary N) is 1. The highest BCUT2D eigenvalue weighted by atomic mass is 16.5. The van der Waals surface area contributed by atoms with Crippen molar-refractivity contribution in [1.29, 1.82) is 5.26 Å². The average molecular weight is 465 g/mol. The molecule has 5 rings (SSSR count). The molecule has 0 amide bonds. The van der Waals surface area contributed by atoms with E-state index in [4.69, 9.17) is 10.5 Å². The normalized spacial score (nSPS) is 11.2. The molecule has 0 fully saturated rings. The van der Waals surface area contributed by atoms with Crippen LogP contribution in [0.1, 0.15) is 30.5 Å². The Bertz CT molecular complexity index is 1570. The molecule has 9 nitrogen and oxygen atoms in total. The Morgan fingerprint density at radius 2 is 1.94 bits per heavy atom. The number of aromatic nitrogens is 6. The molecule has 0 saturated heterocycles. The molecule has 174 valence electrons. The van der Waals surface area contributed by atoms with E-state index in [0.717, 1.165) is 33.3 Å². The third kappa shape index (κ3) is 4.42. The van der Waals surface area contributed by atoms with Gasteiger partial charge in [0.25, 0.3) is 0 Å². The van der Waals surface area contributed by atoms with Gasteiger partial charge in [0.05, 0.1) is 41.9 Å². The van der Waals surface area contributed by atoms with Crippen molar-refractivity contribution in [3.05, 3.63) is 71.5 Å². The fourth-order valence-electron chi connectivity index (χ4n) is 4.08. The summed E-state index contributed by atoms with van der Waals surface area (Å²) in [5.41, 5.74) is 12.1. The molecule has 35 heavy (non-hydrogen) atoms. The van der Waals surface area contributed by atoms with Crippen LogP contribution in [0.15, 0.2) is 54.9 Å². The number of H-pyrrole nitrogens is 1. The molecule has 0 spiro atoms. The molecule has 0 atom stereocenters. The number of anilines is 1. The average Bonchev–Trinajstić information content (AvgIpc) is 3.46. The first-order valence-electron chi connectivity index (χ1n) is 11.2. The van der Waals surface area contributed by atoms with E-state index in [-0.39, 0.29) is 12.1 Å². The van der Waals surface area contributed by atoms with Crippen LogP contribution in [-0.4, -0.2) is 36.0 Å². The minimum Gasteiger partial charge on any atom is -0.491 e. The number of rotatable bonds is 6. The number of hydrogen-bond acceptors (Lipinski definition) is 7. The summed E-state index contributed by atoms with van der Waals surface area (Å²) in [5, 5.41) is 19.1. The van der Waals surface area contributed by atoms with E-state index in [1.807, 2.05) is 69.6 Å². The molecular formula is C26H24N8O. The summed E-state index contributed by atoms with van der Waals surface area (Å²) in [7, 11) is 0. The van der Waals surface area contributed by atoms with Gasteiger partial charge in [0, 0.05) is 28.7 Å². The molecule has 0 aliphatic carbocycles. The van der Waals surface area contributed by atoms with Crippen LogP contribution >= 0.6 is 0 Å². The van der Waals surface area contributed by atoms with E-state index >= 15 is 0 Å².